The van der Waals surface area contributed by atoms with Gasteiger partial charge in [0.05, 0.1) is 5.56 Å². The zero-order valence-electron chi connectivity index (χ0n) is 24.0. The molecule has 0 spiro atoms. The molecule has 2 aliphatic carbocycles. The van der Waals surface area contributed by atoms with Gasteiger partial charge < -0.3 is 20.2 Å². The highest BCUT2D eigenvalue weighted by molar-refractivity contribution is 7.98. The maximum absolute atomic E-state index is 13.6. The van der Waals surface area contributed by atoms with Crippen molar-refractivity contribution in [3.05, 3.63) is 63.2 Å². The Labute approximate surface area is 242 Å². The highest BCUT2D eigenvalue weighted by Gasteiger charge is 2.46. The van der Waals surface area contributed by atoms with Crippen LogP contribution >= 0.6 is 11.8 Å². The minimum Gasteiger partial charge on any atom is -0.353 e. The number of aromatic amines is 1. The van der Waals surface area contributed by atoms with E-state index in [0.29, 0.717) is 17.0 Å². The minimum atomic E-state index is -2.64. The second kappa shape index (κ2) is 11.6. The molecule has 2 fully saturated rings. The number of amides is 2. The van der Waals surface area contributed by atoms with Crippen LogP contribution in [0.2, 0.25) is 0 Å². The molecule has 2 aliphatic rings. The Morgan fingerprint density at radius 2 is 1.83 bits per heavy atom. The normalized spacial score (nSPS) is 21.3. The smallest absolute Gasteiger partial charge is 0.254 e. The SMILES string of the molecule is CSc1cc(C)[nH]c(=O)c1CNC(=O)c1c(C)n([C@H](C)[C@H]2CC[C@@H](C(=O)NC3CC(F)(F)C3)CC2)c2ccccc12. The maximum Gasteiger partial charge on any atom is 0.254 e. The summed E-state index contributed by atoms with van der Waals surface area (Å²) >= 11 is 1.48. The van der Waals surface area contributed by atoms with Gasteiger partial charge in [0.15, 0.2) is 0 Å². The predicted molar refractivity (Wildman–Crippen MR) is 158 cm³/mol. The fourth-order valence-electron chi connectivity index (χ4n) is 6.65. The van der Waals surface area contributed by atoms with E-state index in [4.69, 9.17) is 0 Å². The lowest BCUT2D eigenvalue weighted by Gasteiger charge is -2.38. The highest BCUT2D eigenvalue weighted by atomic mass is 32.2. The summed E-state index contributed by atoms with van der Waals surface area (Å²) in [7, 11) is 0. The van der Waals surface area contributed by atoms with Crippen molar-refractivity contribution in [2.75, 3.05) is 6.26 Å². The molecule has 0 saturated heterocycles. The van der Waals surface area contributed by atoms with E-state index in [1.165, 1.54) is 11.8 Å². The van der Waals surface area contributed by atoms with Crippen LogP contribution in [-0.4, -0.2) is 39.6 Å². The van der Waals surface area contributed by atoms with E-state index in [2.05, 4.69) is 27.1 Å². The summed E-state index contributed by atoms with van der Waals surface area (Å²) in [4.78, 5) is 42.5. The zero-order chi connectivity index (χ0) is 29.5. The van der Waals surface area contributed by atoms with Crippen LogP contribution in [0.15, 0.2) is 40.0 Å². The average molecular weight is 585 g/mol. The topological polar surface area (TPSA) is 96.0 Å². The Balaban J connectivity index is 1.30. The van der Waals surface area contributed by atoms with Crippen LogP contribution in [0.1, 0.15) is 78.8 Å². The monoisotopic (exact) mass is 584 g/mol. The van der Waals surface area contributed by atoms with Gasteiger partial charge in [-0.25, -0.2) is 8.78 Å². The van der Waals surface area contributed by atoms with E-state index >= 15 is 0 Å². The van der Waals surface area contributed by atoms with Crippen LogP contribution in [0, 0.1) is 25.7 Å². The first-order valence-corrected chi connectivity index (χ1v) is 15.5. The number of nitrogens with one attached hydrogen (secondary N) is 3. The lowest BCUT2D eigenvalue weighted by atomic mass is 9.78. The fourth-order valence-corrected chi connectivity index (χ4v) is 7.36. The van der Waals surface area contributed by atoms with Crippen molar-refractivity contribution in [2.24, 2.45) is 11.8 Å². The highest BCUT2D eigenvalue weighted by Crippen LogP contribution is 2.41. The van der Waals surface area contributed by atoms with Gasteiger partial charge in [-0.2, -0.15) is 0 Å². The van der Waals surface area contributed by atoms with Gasteiger partial charge in [-0.05, 0) is 70.8 Å². The summed E-state index contributed by atoms with van der Waals surface area (Å²) < 4.78 is 28.6. The number of H-pyrrole nitrogens is 1. The molecule has 3 N–H and O–H groups in total. The number of hydrogen-bond donors (Lipinski definition) is 3. The standard InChI is InChI=1S/C31H38F2N4O3S/c1-17-13-26(41-4)24(29(39)35-17)16-34-30(40)27-19(3)37(25-8-6-5-7-23(25)27)18(2)20-9-11-21(12-10-20)28(38)36-22-14-31(32,33)15-22/h5-8,13,18,20-22H,9-12,14-16H2,1-4H3,(H,34,40)(H,35,39)(H,36,38)/t18-,20-,21+/m1/s1. The first-order valence-electron chi connectivity index (χ1n) is 14.3. The van der Waals surface area contributed by atoms with E-state index in [1.807, 2.05) is 50.4 Å². The van der Waals surface area contributed by atoms with Crippen LogP contribution in [0.5, 0.6) is 0 Å². The minimum absolute atomic E-state index is 0.0961. The second-order valence-electron chi connectivity index (χ2n) is 11.7. The Morgan fingerprint density at radius 1 is 1.15 bits per heavy atom. The third-order valence-electron chi connectivity index (χ3n) is 8.93. The number of hydrogen-bond acceptors (Lipinski definition) is 4. The van der Waals surface area contributed by atoms with E-state index < -0.39 is 12.0 Å². The number of para-hydroxylation sites is 1. The molecule has 2 aromatic heterocycles. The average Bonchev–Trinajstić information content (AvgIpc) is 3.22. The number of rotatable bonds is 8. The Kier molecular flexibility index (Phi) is 8.32. The van der Waals surface area contributed by atoms with Crippen molar-refractivity contribution in [2.45, 2.75) is 88.7 Å². The van der Waals surface area contributed by atoms with Gasteiger partial charge in [0.25, 0.3) is 17.4 Å². The van der Waals surface area contributed by atoms with Gasteiger partial charge >= 0.3 is 0 Å². The first-order chi connectivity index (χ1) is 19.5. The number of aryl methyl sites for hydroxylation is 1. The van der Waals surface area contributed by atoms with Crippen LogP contribution < -0.4 is 16.2 Å². The van der Waals surface area contributed by atoms with E-state index in [1.54, 1.807) is 0 Å². The number of halogens is 2. The summed E-state index contributed by atoms with van der Waals surface area (Å²) in [5.41, 5.74) is 3.57. The van der Waals surface area contributed by atoms with E-state index in [-0.39, 0.29) is 48.7 Å². The molecule has 41 heavy (non-hydrogen) atoms. The number of aromatic nitrogens is 2. The van der Waals surface area contributed by atoms with Crippen LogP contribution in [0.3, 0.4) is 0 Å². The molecule has 10 heteroatoms. The molecule has 3 aromatic rings. The summed E-state index contributed by atoms with van der Waals surface area (Å²) in [6.07, 6.45) is 4.52. The molecule has 0 aliphatic heterocycles. The van der Waals surface area contributed by atoms with Crippen LogP contribution in [0.4, 0.5) is 8.78 Å². The van der Waals surface area contributed by atoms with Gasteiger partial charge in [0.2, 0.25) is 5.91 Å². The lowest BCUT2D eigenvalue weighted by molar-refractivity contribution is -0.134. The maximum atomic E-state index is 13.6. The number of nitrogens with zero attached hydrogens (tertiary/aromatic N) is 1. The van der Waals surface area contributed by atoms with Crippen molar-refractivity contribution in [3.63, 3.8) is 0 Å². The summed E-state index contributed by atoms with van der Waals surface area (Å²) in [6, 6.07) is 9.47. The van der Waals surface area contributed by atoms with Crippen LogP contribution in [0.25, 0.3) is 10.9 Å². The van der Waals surface area contributed by atoms with Crippen molar-refractivity contribution in [1.82, 2.24) is 20.2 Å². The second-order valence-corrected chi connectivity index (χ2v) is 12.5. The Morgan fingerprint density at radius 3 is 2.49 bits per heavy atom. The lowest BCUT2D eigenvalue weighted by Crippen LogP contribution is -2.52. The van der Waals surface area contributed by atoms with Gasteiger partial charge in [0.1, 0.15) is 0 Å². The number of benzene rings is 1. The fraction of sp³-hybridized carbons (Fsp3) is 0.516. The zero-order valence-corrected chi connectivity index (χ0v) is 24.8. The number of thioether (sulfide) groups is 1. The molecule has 1 atom stereocenters. The molecule has 1 aromatic carbocycles. The first kappa shape index (κ1) is 29.4. The molecule has 2 saturated carbocycles. The Bertz CT molecular complexity index is 1520. The molecule has 0 radical (unpaired) electrons. The molecule has 220 valence electrons. The molecular formula is C31H38F2N4O3S. The van der Waals surface area contributed by atoms with Gasteiger partial charge in [-0.3, -0.25) is 14.4 Å². The van der Waals surface area contributed by atoms with E-state index in [9.17, 15) is 23.2 Å². The molecule has 0 bridgehead atoms. The number of pyridine rings is 1. The predicted octanol–water partition coefficient (Wildman–Crippen LogP) is 5.88. The third kappa shape index (κ3) is 5.94. The van der Waals surface area contributed by atoms with Crippen molar-refractivity contribution >= 4 is 34.5 Å². The van der Waals surface area contributed by atoms with Crippen molar-refractivity contribution < 1.29 is 18.4 Å². The number of carbonyl (C=O) groups excluding carboxylic acids is 2. The molecular weight excluding hydrogens is 546 g/mol. The van der Waals surface area contributed by atoms with Gasteiger partial charge in [-0.15, -0.1) is 11.8 Å². The summed E-state index contributed by atoms with van der Waals surface area (Å²) in [5, 5.41) is 6.66. The molecule has 0 unspecified atom stereocenters. The number of alkyl halides is 2. The summed E-state index contributed by atoms with van der Waals surface area (Å²) in [5.74, 6) is -2.80. The third-order valence-corrected chi connectivity index (χ3v) is 9.73. The van der Waals surface area contributed by atoms with Crippen molar-refractivity contribution in [3.8, 4) is 0 Å². The largest absolute Gasteiger partial charge is 0.353 e. The van der Waals surface area contributed by atoms with Crippen LogP contribution in [-0.2, 0) is 11.3 Å². The number of carbonyl (C=O) groups is 2. The summed E-state index contributed by atoms with van der Waals surface area (Å²) in [6.45, 7) is 6.09. The molecule has 5 rings (SSSR count). The molecule has 2 amide bonds. The van der Waals surface area contributed by atoms with Gasteiger partial charge in [-0.1, -0.05) is 18.2 Å². The van der Waals surface area contributed by atoms with E-state index in [0.717, 1.165) is 52.9 Å². The van der Waals surface area contributed by atoms with Crippen molar-refractivity contribution in [1.29, 1.82) is 0 Å². The Hall–Kier alpha value is -3.14. The van der Waals surface area contributed by atoms with Gasteiger partial charge in [0, 0.05) is 70.1 Å². The molecule has 2 heterocycles. The molecule has 7 nitrogen and oxygen atoms in total. The number of fused-ring (bicyclic) bond motifs is 1. The quantitative estimate of drug-likeness (QED) is 0.288.